The number of carbonyl (C=O) groups excluding carboxylic acids is 2. The third kappa shape index (κ3) is 4.28. The van der Waals surface area contributed by atoms with Crippen LogP contribution in [-0.2, 0) is 9.59 Å². The Kier molecular flexibility index (Phi) is 5.43. The van der Waals surface area contributed by atoms with Gasteiger partial charge in [-0.2, -0.15) is 0 Å². The predicted octanol–water partition coefficient (Wildman–Crippen LogP) is 2.42. The van der Waals surface area contributed by atoms with E-state index >= 15 is 0 Å². The Morgan fingerprint density at radius 2 is 2.00 bits per heavy atom. The number of para-hydroxylation sites is 1. The van der Waals surface area contributed by atoms with Crippen LogP contribution >= 0.6 is 0 Å². The van der Waals surface area contributed by atoms with Crippen LogP contribution in [0, 0.1) is 0 Å². The minimum Gasteiger partial charge on any atom is -0.343 e. The van der Waals surface area contributed by atoms with Crippen LogP contribution in [0.3, 0.4) is 0 Å². The number of carbonyl (C=O) groups is 2. The third-order valence-electron chi connectivity index (χ3n) is 2.88. The zero-order valence-electron chi connectivity index (χ0n) is 12.2. The summed E-state index contributed by atoms with van der Waals surface area (Å²) in [5, 5.41) is 6.21. The molecule has 0 bridgehead atoms. The molecule has 2 rings (SSSR count). The molecule has 22 heavy (non-hydrogen) atoms. The number of benzene rings is 1. The highest BCUT2D eigenvalue weighted by Gasteiger charge is 2.07. The first-order valence-electron chi connectivity index (χ1n) is 6.91. The lowest BCUT2D eigenvalue weighted by atomic mass is 10.2. The molecule has 0 aliphatic carbocycles. The molecule has 1 aromatic carbocycles. The normalized spacial score (nSPS) is 11.1. The summed E-state index contributed by atoms with van der Waals surface area (Å²) in [6.07, 6.45) is 8.20. The monoisotopic (exact) mass is 295 g/mol. The molecule has 0 saturated carbocycles. The molecular formula is C17H17N3O2. The molecule has 0 spiro atoms. The van der Waals surface area contributed by atoms with Crippen LogP contribution in [0.2, 0.25) is 0 Å². The van der Waals surface area contributed by atoms with Gasteiger partial charge in [0.1, 0.15) is 0 Å². The number of rotatable bonds is 5. The summed E-state index contributed by atoms with van der Waals surface area (Å²) in [6, 6.07) is 9.31. The number of pyridine rings is 1. The Morgan fingerprint density at radius 3 is 2.82 bits per heavy atom. The second-order valence-electron chi connectivity index (χ2n) is 4.53. The maximum absolute atomic E-state index is 11.9. The molecule has 0 atom stereocenters. The summed E-state index contributed by atoms with van der Waals surface area (Å²) in [4.78, 5) is 27.6. The summed E-state index contributed by atoms with van der Waals surface area (Å²) in [7, 11) is 0. The molecule has 2 N–H and O–H groups in total. The molecule has 5 nitrogen and oxygen atoms in total. The summed E-state index contributed by atoms with van der Waals surface area (Å²) < 4.78 is 0. The van der Waals surface area contributed by atoms with E-state index in [4.69, 9.17) is 0 Å². The van der Waals surface area contributed by atoms with E-state index < -0.39 is 0 Å². The molecule has 0 saturated heterocycles. The van der Waals surface area contributed by atoms with Gasteiger partial charge in [0.25, 0.3) is 0 Å². The second-order valence-corrected chi connectivity index (χ2v) is 4.53. The molecule has 0 aliphatic heterocycles. The van der Waals surface area contributed by atoms with Gasteiger partial charge in [0.05, 0.1) is 17.7 Å². The van der Waals surface area contributed by atoms with Gasteiger partial charge in [-0.15, -0.1) is 0 Å². The Balaban J connectivity index is 1.95. The lowest BCUT2D eigenvalue weighted by Crippen LogP contribution is -2.31. The first kappa shape index (κ1) is 15.4. The number of hydrogen-bond acceptors (Lipinski definition) is 3. The van der Waals surface area contributed by atoms with E-state index in [9.17, 15) is 9.59 Å². The zero-order valence-corrected chi connectivity index (χ0v) is 12.2. The Labute approximate surface area is 128 Å². The number of nitrogens with zero attached hydrogens (tertiary/aromatic N) is 1. The van der Waals surface area contributed by atoms with E-state index in [2.05, 4.69) is 15.6 Å². The highest BCUT2D eigenvalue weighted by Crippen LogP contribution is 2.20. The molecule has 0 fully saturated rings. The smallest absolute Gasteiger partial charge is 0.244 e. The molecule has 2 aromatic rings. The van der Waals surface area contributed by atoms with Crippen molar-refractivity contribution in [1.82, 2.24) is 10.3 Å². The summed E-state index contributed by atoms with van der Waals surface area (Å²) in [5.74, 6) is -0.616. The maximum Gasteiger partial charge on any atom is 0.244 e. The van der Waals surface area contributed by atoms with Crippen LogP contribution in [0.25, 0.3) is 10.9 Å². The minimum atomic E-state index is -0.315. The predicted molar refractivity (Wildman–Crippen MR) is 87.3 cm³/mol. The van der Waals surface area contributed by atoms with Gasteiger partial charge in [-0.05, 0) is 19.1 Å². The number of allylic oxidation sites excluding steroid dienone is 3. The average molecular weight is 295 g/mol. The molecule has 5 heteroatoms. The van der Waals surface area contributed by atoms with Gasteiger partial charge >= 0.3 is 0 Å². The van der Waals surface area contributed by atoms with E-state index in [1.807, 2.05) is 37.3 Å². The van der Waals surface area contributed by atoms with Crippen LogP contribution in [0.15, 0.2) is 60.8 Å². The second kappa shape index (κ2) is 7.73. The fourth-order valence-electron chi connectivity index (χ4n) is 1.88. The molecule has 0 radical (unpaired) electrons. The van der Waals surface area contributed by atoms with Crippen molar-refractivity contribution < 1.29 is 9.59 Å². The van der Waals surface area contributed by atoms with Crippen molar-refractivity contribution in [2.45, 2.75) is 6.92 Å². The summed E-state index contributed by atoms with van der Waals surface area (Å²) >= 11 is 0. The quantitative estimate of drug-likeness (QED) is 0.657. The van der Waals surface area contributed by atoms with Gasteiger partial charge in [-0.25, -0.2) is 0 Å². The number of anilines is 1. The van der Waals surface area contributed by atoms with Crippen LogP contribution in [0.4, 0.5) is 5.69 Å². The highest BCUT2D eigenvalue weighted by atomic mass is 16.2. The van der Waals surface area contributed by atoms with Gasteiger partial charge in [0.15, 0.2) is 0 Å². The number of aromatic nitrogens is 1. The topological polar surface area (TPSA) is 71.1 Å². The first-order valence-corrected chi connectivity index (χ1v) is 6.91. The van der Waals surface area contributed by atoms with Crippen LogP contribution in [0.1, 0.15) is 6.92 Å². The van der Waals surface area contributed by atoms with Gasteiger partial charge in [-0.1, -0.05) is 36.4 Å². The van der Waals surface area contributed by atoms with Crippen molar-refractivity contribution >= 4 is 28.4 Å². The SMILES string of the molecule is CC=CC=CC(=O)NCC(=O)Nc1cccc2cccnc12. The fourth-order valence-corrected chi connectivity index (χ4v) is 1.88. The molecule has 1 aromatic heterocycles. The molecule has 1 heterocycles. The standard InChI is InChI=1S/C17H17N3O2/c1-2-3-4-10-15(21)19-12-16(22)20-14-9-5-7-13-8-6-11-18-17(13)14/h2-11H,12H2,1H3,(H,19,21)(H,20,22). The summed E-state index contributed by atoms with van der Waals surface area (Å²) in [5.41, 5.74) is 1.35. The van der Waals surface area contributed by atoms with E-state index in [1.54, 1.807) is 24.4 Å². The molecule has 0 aliphatic rings. The van der Waals surface area contributed by atoms with Crippen LogP contribution in [-0.4, -0.2) is 23.3 Å². The Morgan fingerprint density at radius 1 is 1.18 bits per heavy atom. The summed E-state index contributed by atoms with van der Waals surface area (Å²) in [6.45, 7) is 1.76. The van der Waals surface area contributed by atoms with Crippen LogP contribution < -0.4 is 10.6 Å². The largest absolute Gasteiger partial charge is 0.343 e. The number of amides is 2. The molecular weight excluding hydrogens is 278 g/mol. The molecule has 2 amide bonds. The third-order valence-corrected chi connectivity index (χ3v) is 2.88. The number of fused-ring (bicyclic) bond motifs is 1. The molecule has 112 valence electrons. The first-order chi connectivity index (χ1) is 10.7. The van der Waals surface area contributed by atoms with Crippen molar-refractivity contribution in [3.8, 4) is 0 Å². The average Bonchev–Trinajstić information content (AvgIpc) is 2.54. The van der Waals surface area contributed by atoms with Crippen molar-refractivity contribution in [1.29, 1.82) is 0 Å². The van der Waals surface area contributed by atoms with Crippen molar-refractivity contribution in [2.75, 3.05) is 11.9 Å². The van der Waals surface area contributed by atoms with E-state index in [1.165, 1.54) is 6.08 Å². The zero-order chi connectivity index (χ0) is 15.8. The Bertz CT molecular complexity index is 730. The molecule has 0 unspecified atom stereocenters. The highest BCUT2D eigenvalue weighted by molar-refractivity contribution is 6.02. The van der Waals surface area contributed by atoms with Crippen molar-refractivity contribution in [3.05, 3.63) is 60.8 Å². The number of hydrogen-bond donors (Lipinski definition) is 2. The maximum atomic E-state index is 11.9. The van der Waals surface area contributed by atoms with Gasteiger partial charge in [0, 0.05) is 17.7 Å². The van der Waals surface area contributed by atoms with E-state index in [-0.39, 0.29) is 18.4 Å². The van der Waals surface area contributed by atoms with Crippen LogP contribution in [0.5, 0.6) is 0 Å². The number of nitrogens with one attached hydrogen (secondary N) is 2. The van der Waals surface area contributed by atoms with Crippen molar-refractivity contribution in [2.24, 2.45) is 0 Å². The fraction of sp³-hybridized carbons (Fsp3) is 0.118. The van der Waals surface area contributed by atoms with Gasteiger partial charge in [0.2, 0.25) is 11.8 Å². The van der Waals surface area contributed by atoms with Gasteiger partial charge < -0.3 is 10.6 Å². The van der Waals surface area contributed by atoms with Gasteiger partial charge in [-0.3, -0.25) is 14.6 Å². The minimum absolute atomic E-state index is 0.0950. The van der Waals surface area contributed by atoms with E-state index in [0.29, 0.717) is 5.69 Å². The van der Waals surface area contributed by atoms with E-state index in [0.717, 1.165) is 10.9 Å². The Hall–Kier alpha value is -2.95. The van der Waals surface area contributed by atoms with Crippen molar-refractivity contribution in [3.63, 3.8) is 0 Å². The lowest BCUT2D eigenvalue weighted by molar-refractivity contribution is -0.121. The lowest BCUT2D eigenvalue weighted by Gasteiger charge is -2.08.